The molecule has 0 aliphatic carbocycles. The molecule has 0 spiro atoms. The molecule has 0 heteroatoms. The molecule has 0 nitrogen and oxygen atoms in total. The van der Waals surface area contributed by atoms with Crippen molar-refractivity contribution in [3.63, 3.8) is 0 Å². The van der Waals surface area contributed by atoms with Gasteiger partial charge in [-0.15, -0.1) is 0 Å². The van der Waals surface area contributed by atoms with E-state index in [0.717, 1.165) is 0 Å². The Morgan fingerprint density at radius 1 is 0.545 bits per heavy atom. The molecule has 0 saturated carbocycles. The SMILES string of the molecule is CC(C)(C)c1ccccc1/C=C/c1ccccc1C(C)(C)C. The van der Waals surface area contributed by atoms with Crippen molar-refractivity contribution in [2.45, 2.75) is 52.4 Å². The van der Waals surface area contributed by atoms with Crippen molar-refractivity contribution in [1.82, 2.24) is 0 Å². The van der Waals surface area contributed by atoms with Gasteiger partial charge in [0.1, 0.15) is 0 Å². The van der Waals surface area contributed by atoms with Gasteiger partial charge in [-0.05, 0) is 33.1 Å². The van der Waals surface area contributed by atoms with Crippen LogP contribution in [0, 0.1) is 0 Å². The minimum atomic E-state index is 0.157. The zero-order chi connectivity index (χ0) is 16.4. The largest absolute Gasteiger partial charge is 0.0619 e. The van der Waals surface area contributed by atoms with Crippen LogP contribution in [0.15, 0.2) is 48.5 Å². The van der Waals surface area contributed by atoms with E-state index < -0.39 is 0 Å². The van der Waals surface area contributed by atoms with Crippen molar-refractivity contribution >= 4 is 12.2 Å². The fraction of sp³-hybridized carbons (Fsp3) is 0.364. The van der Waals surface area contributed by atoms with E-state index in [1.54, 1.807) is 0 Å². The lowest BCUT2D eigenvalue weighted by Crippen LogP contribution is -2.13. The maximum atomic E-state index is 2.27. The van der Waals surface area contributed by atoms with Gasteiger partial charge in [0.05, 0.1) is 0 Å². The predicted octanol–water partition coefficient (Wildman–Crippen LogP) is 6.45. The van der Waals surface area contributed by atoms with Crippen LogP contribution in [0.2, 0.25) is 0 Å². The predicted molar refractivity (Wildman–Crippen MR) is 99.2 cm³/mol. The van der Waals surface area contributed by atoms with E-state index in [-0.39, 0.29) is 10.8 Å². The van der Waals surface area contributed by atoms with E-state index in [9.17, 15) is 0 Å². The minimum Gasteiger partial charge on any atom is -0.0619 e. The van der Waals surface area contributed by atoms with E-state index in [2.05, 4.69) is 102 Å². The maximum Gasteiger partial charge on any atom is -0.0126 e. The molecule has 0 aliphatic rings. The molecule has 116 valence electrons. The zero-order valence-electron chi connectivity index (χ0n) is 14.8. The highest BCUT2D eigenvalue weighted by atomic mass is 14.2. The van der Waals surface area contributed by atoms with E-state index in [4.69, 9.17) is 0 Å². The number of hydrogen-bond acceptors (Lipinski definition) is 0. The molecule has 2 aromatic rings. The van der Waals surface area contributed by atoms with Crippen LogP contribution in [0.25, 0.3) is 12.2 Å². The van der Waals surface area contributed by atoms with Gasteiger partial charge in [0, 0.05) is 0 Å². The Labute approximate surface area is 135 Å². The first-order chi connectivity index (χ1) is 10.2. The summed E-state index contributed by atoms with van der Waals surface area (Å²) in [5, 5.41) is 0. The first kappa shape index (κ1) is 16.5. The molecule has 2 rings (SSSR count). The number of rotatable bonds is 2. The fourth-order valence-electron chi connectivity index (χ4n) is 2.83. The third-order valence-corrected chi connectivity index (χ3v) is 3.98. The van der Waals surface area contributed by atoms with Gasteiger partial charge in [-0.25, -0.2) is 0 Å². The van der Waals surface area contributed by atoms with Gasteiger partial charge in [-0.3, -0.25) is 0 Å². The van der Waals surface area contributed by atoms with Crippen LogP contribution in [0.3, 0.4) is 0 Å². The van der Waals surface area contributed by atoms with Crippen molar-refractivity contribution in [1.29, 1.82) is 0 Å². The Bertz CT molecular complexity index is 601. The van der Waals surface area contributed by atoms with Gasteiger partial charge >= 0.3 is 0 Å². The molecule has 0 fully saturated rings. The summed E-state index contributed by atoms with van der Waals surface area (Å²) < 4.78 is 0. The quantitative estimate of drug-likeness (QED) is 0.558. The van der Waals surface area contributed by atoms with E-state index in [1.807, 2.05) is 0 Å². The first-order valence-corrected chi connectivity index (χ1v) is 8.07. The standard InChI is InChI=1S/C22H28/c1-21(2,3)19-13-9-7-11-17(19)15-16-18-12-8-10-14-20(18)22(4,5)6/h7-16H,1-6H3/b16-15+. The second-order valence-corrected chi connectivity index (χ2v) is 8.01. The summed E-state index contributed by atoms with van der Waals surface area (Å²) in [6.45, 7) is 13.6. The van der Waals surface area contributed by atoms with Gasteiger partial charge in [0.15, 0.2) is 0 Å². The highest BCUT2D eigenvalue weighted by Gasteiger charge is 2.17. The summed E-state index contributed by atoms with van der Waals surface area (Å²) in [5.41, 5.74) is 5.70. The molecule has 22 heavy (non-hydrogen) atoms. The van der Waals surface area contributed by atoms with Crippen LogP contribution >= 0.6 is 0 Å². The van der Waals surface area contributed by atoms with E-state index >= 15 is 0 Å². The average Bonchev–Trinajstić information content (AvgIpc) is 2.44. The van der Waals surface area contributed by atoms with Crippen LogP contribution in [0.5, 0.6) is 0 Å². The van der Waals surface area contributed by atoms with Gasteiger partial charge < -0.3 is 0 Å². The Kier molecular flexibility index (Phi) is 4.60. The Balaban J connectivity index is 2.43. The van der Waals surface area contributed by atoms with Gasteiger partial charge in [-0.2, -0.15) is 0 Å². The van der Waals surface area contributed by atoms with Crippen molar-refractivity contribution in [2.75, 3.05) is 0 Å². The fourth-order valence-corrected chi connectivity index (χ4v) is 2.83. The molecule has 0 N–H and O–H groups in total. The van der Waals surface area contributed by atoms with E-state index in [1.165, 1.54) is 22.3 Å². The molecule has 0 heterocycles. The highest BCUT2D eigenvalue weighted by Crippen LogP contribution is 2.29. The lowest BCUT2D eigenvalue weighted by Gasteiger charge is -2.23. The van der Waals surface area contributed by atoms with Crippen molar-refractivity contribution in [3.8, 4) is 0 Å². The molecule has 2 aromatic carbocycles. The Morgan fingerprint density at radius 3 is 1.18 bits per heavy atom. The normalized spacial score (nSPS) is 12.8. The lowest BCUT2D eigenvalue weighted by atomic mass is 9.82. The molecule has 0 radical (unpaired) electrons. The summed E-state index contributed by atoms with van der Waals surface area (Å²) in [4.78, 5) is 0. The topological polar surface area (TPSA) is 0 Å². The average molecular weight is 292 g/mol. The van der Waals surface area contributed by atoms with Crippen LogP contribution in [0.4, 0.5) is 0 Å². The second-order valence-electron chi connectivity index (χ2n) is 8.01. The van der Waals surface area contributed by atoms with Crippen LogP contribution in [0.1, 0.15) is 63.8 Å². The molecule has 0 atom stereocenters. The van der Waals surface area contributed by atoms with E-state index in [0.29, 0.717) is 0 Å². The monoisotopic (exact) mass is 292 g/mol. The summed E-state index contributed by atoms with van der Waals surface area (Å²) in [6, 6.07) is 17.4. The van der Waals surface area contributed by atoms with Gasteiger partial charge in [0.25, 0.3) is 0 Å². The third kappa shape index (κ3) is 3.88. The second kappa shape index (κ2) is 6.12. The van der Waals surface area contributed by atoms with Crippen LogP contribution < -0.4 is 0 Å². The molecule has 0 aromatic heterocycles. The maximum absolute atomic E-state index is 2.27. The molecular weight excluding hydrogens is 264 g/mol. The summed E-state index contributed by atoms with van der Waals surface area (Å²) >= 11 is 0. The minimum absolute atomic E-state index is 0.157. The summed E-state index contributed by atoms with van der Waals surface area (Å²) in [5.74, 6) is 0. The highest BCUT2D eigenvalue weighted by molar-refractivity contribution is 5.73. The Hall–Kier alpha value is -1.82. The van der Waals surface area contributed by atoms with Crippen molar-refractivity contribution in [2.24, 2.45) is 0 Å². The summed E-state index contributed by atoms with van der Waals surface area (Å²) in [6.07, 6.45) is 4.51. The molecule has 0 saturated heterocycles. The van der Waals surface area contributed by atoms with Gasteiger partial charge in [0.2, 0.25) is 0 Å². The number of benzene rings is 2. The van der Waals surface area contributed by atoms with Crippen LogP contribution in [-0.4, -0.2) is 0 Å². The van der Waals surface area contributed by atoms with Crippen LogP contribution in [-0.2, 0) is 10.8 Å². The van der Waals surface area contributed by atoms with Gasteiger partial charge in [-0.1, -0.05) is 102 Å². The first-order valence-electron chi connectivity index (χ1n) is 8.07. The van der Waals surface area contributed by atoms with Crippen molar-refractivity contribution in [3.05, 3.63) is 70.8 Å². The molecule has 0 bridgehead atoms. The molecule has 0 unspecified atom stereocenters. The Morgan fingerprint density at radius 2 is 0.864 bits per heavy atom. The zero-order valence-corrected chi connectivity index (χ0v) is 14.8. The molecule has 0 amide bonds. The molecule has 0 aliphatic heterocycles. The third-order valence-electron chi connectivity index (χ3n) is 3.98. The summed E-state index contributed by atoms with van der Waals surface area (Å²) in [7, 11) is 0. The molecular formula is C22H28. The van der Waals surface area contributed by atoms with Crippen molar-refractivity contribution < 1.29 is 0 Å². The lowest BCUT2D eigenvalue weighted by molar-refractivity contribution is 0.588. The number of hydrogen-bond donors (Lipinski definition) is 0. The smallest absolute Gasteiger partial charge is 0.0126 e.